The van der Waals surface area contributed by atoms with E-state index in [1.807, 2.05) is 13.0 Å². The minimum atomic E-state index is 0.115. The van der Waals surface area contributed by atoms with Crippen molar-refractivity contribution in [1.29, 1.82) is 0 Å². The number of Topliss-reactive ketones (excluding diaryl/α,β-unsaturated/α-hetero) is 1. The summed E-state index contributed by atoms with van der Waals surface area (Å²) in [6.07, 6.45) is 4.55. The van der Waals surface area contributed by atoms with Crippen LogP contribution < -0.4 is 4.74 Å². The summed E-state index contributed by atoms with van der Waals surface area (Å²) in [6, 6.07) is 3.54. The van der Waals surface area contributed by atoms with Crippen LogP contribution in [0.5, 0.6) is 11.5 Å². The first-order chi connectivity index (χ1) is 8.61. The zero-order valence-corrected chi connectivity index (χ0v) is 11.0. The van der Waals surface area contributed by atoms with Gasteiger partial charge >= 0.3 is 0 Å². The second kappa shape index (κ2) is 5.42. The molecule has 0 bridgehead atoms. The van der Waals surface area contributed by atoms with Crippen molar-refractivity contribution in [3.63, 3.8) is 0 Å². The van der Waals surface area contributed by atoms with E-state index in [0.717, 1.165) is 36.8 Å². The van der Waals surface area contributed by atoms with Gasteiger partial charge in [-0.15, -0.1) is 0 Å². The van der Waals surface area contributed by atoms with Crippen molar-refractivity contribution in [2.75, 3.05) is 7.11 Å². The highest BCUT2D eigenvalue weighted by Gasteiger charge is 2.23. The molecule has 1 aromatic carbocycles. The van der Waals surface area contributed by atoms with E-state index in [1.165, 1.54) is 0 Å². The van der Waals surface area contributed by atoms with Gasteiger partial charge in [-0.25, -0.2) is 0 Å². The monoisotopic (exact) mass is 248 g/mol. The molecule has 3 heteroatoms. The van der Waals surface area contributed by atoms with Crippen LogP contribution in [0.1, 0.15) is 36.8 Å². The molecule has 1 atom stereocenters. The van der Waals surface area contributed by atoms with Gasteiger partial charge in [0.25, 0.3) is 0 Å². The number of phenolic OH excluding ortho intramolecular Hbond substituents is 1. The number of aromatic hydroxyl groups is 1. The Labute approximate surface area is 108 Å². The van der Waals surface area contributed by atoms with Crippen molar-refractivity contribution in [2.45, 2.75) is 39.0 Å². The fourth-order valence-electron chi connectivity index (χ4n) is 2.60. The highest BCUT2D eigenvalue weighted by molar-refractivity contribution is 5.82. The zero-order chi connectivity index (χ0) is 13.1. The highest BCUT2D eigenvalue weighted by Crippen LogP contribution is 2.31. The van der Waals surface area contributed by atoms with Crippen LogP contribution in [0.15, 0.2) is 12.1 Å². The number of ketones is 1. The number of phenols is 1. The Hall–Kier alpha value is -1.51. The van der Waals surface area contributed by atoms with E-state index in [0.29, 0.717) is 18.0 Å². The normalized spacial score (nSPS) is 19.9. The Morgan fingerprint density at radius 1 is 1.39 bits per heavy atom. The van der Waals surface area contributed by atoms with Gasteiger partial charge in [0.1, 0.15) is 17.3 Å². The maximum Gasteiger partial charge on any atom is 0.136 e. The summed E-state index contributed by atoms with van der Waals surface area (Å²) in [5.74, 6) is 1.37. The SMILES string of the molecule is COc1cc(O)c(C)c(CC2CCCCC2=O)c1. The van der Waals surface area contributed by atoms with Crippen molar-refractivity contribution in [3.8, 4) is 11.5 Å². The van der Waals surface area contributed by atoms with Crippen molar-refractivity contribution < 1.29 is 14.6 Å². The van der Waals surface area contributed by atoms with Gasteiger partial charge < -0.3 is 9.84 Å². The summed E-state index contributed by atoms with van der Waals surface area (Å²) in [5.41, 5.74) is 1.88. The van der Waals surface area contributed by atoms with Crippen molar-refractivity contribution >= 4 is 5.78 Å². The minimum Gasteiger partial charge on any atom is -0.508 e. The summed E-state index contributed by atoms with van der Waals surface area (Å²) in [7, 11) is 1.58. The van der Waals surface area contributed by atoms with Crippen LogP contribution in [0.3, 0.4) is 0 Å². The van der Waals surface area contributed by atoms with E-state index in [1.54, 1.807) is 13.2 Å². The smallest absolute Gasteiger partial charge is 0.136 e. The van der Waals surface area contributed by atoms with E-state index < -0.39 is 0 Å². The summed E-state index contributed by atoms with van der Waals surface area (Å²) < 4.78 is 5.16. The molecule has 0 aliphatic heterocycles. The molecule has 1 unspecified atom stereocenters. The molecule has 1 aromatic rings. The van der Waals surface area contributed by atoms with Crippen molar-refractivity contribution in [2.24, 2.45) is 5.92 Å². The number of carbonyl (C=O) groups excluding carboxylic acids is 1. The third-order valence-electron chi connectivity index (χ3n) is 3.84. The van der Waals surface area contributed by atoms with E-state index in [-0.39, 0.29) is 11.7 Å². The van der Waals surface area contributed by atoms with Gasteiger partial charge in [-0.2, -0.15) is 0 Å². The first-order valence-corrected chi connectivity index (χ1v) is 6.51. The van der Waals surface area contributed by atoms with Gasteiger partial charge in [0, 0.05) is 18.4 Å². The van der Waals surface area contributed by atoms with Crippen LogP contribution in [0.4, 0.5) is 0 Å². The van der Waals surface area contributed by atoms with Gasteiger partial charge in [0.2, 0.25) is 0 Å². The predicted molar refractivity (Wildman–Crippen MR) is 70.1 cm³/mol. The molecule has 18 heavy (non-hydrogen) atoms. The average molecular weight is 248 g/mol. The molecule has 2 rings (SSSR count). The number of ether oxygens (including phenoxy) is 1. The number of benzene rings is 1. The van der Waals surface area contributed by atoms with Crippen LogP contribution in [-0.4, -0.2) is 18.0 Å². The molecular formula is C15H20O3. The van der Waals surface area contributed by atoms with Crippen molar-refractivity contribution in [1.82, 2.24) is 0 Å². The number of hydrogen-bond donors (Lipinski definition) is 1. The van der Waals surface area contributed by atoms with E-state index >= 15 is 0 Å². The van der Waals surface area contributed by atoms with Crippen LogP contribution in [0, 0.1) is 12.8 Å². The molecule has 1 aliphatic carbocycles. The fraction of sp³-hybridized carbons (Fsp3) is 0.533. The molecule has 1 N–H and O–H groups in total. The van der Waals surface area contributed by atoms with Crippen LogP contribution in [0.2, 0.25) is 0 Å². The molecule has 1 fully saturated rings. The number of hydrogen-bond acceptors (Lipinski definition) is 3. The number of rotatable bonds is 3. The third kappa shape index (κ3) is 2.66. The molecule has 0 aromatic heterocycles. The van der Waals surface area contributed by atoms with Gasteiger partial charge in [-0.05, 0) is 43.4 Å². The molecule has 0 spiro atoms. The lowest BCUT2D eigenvalue weighted by Gasteiger charge is -2.21. The molecule has 1 saturated carbocycles. The van der Waals surface area contributed by atoms with Crippen LogP contribution in [-0.2, 0) is 11.2 Å². The van der Waals surface area contributed by atoms with E-state index in [9.17, 15) is 9.90 Å². The molecular weight excluding hydrogens is 228 g/mol. The lowest BCUT2D eigenvalue weighted by molar-refractivity contribution is -0.124. The molecule has 98 valence electrons. The van der Waals surface area contributed by atoms with Gasteiger partial charge in [-0.3, -0.25) is 4.79 Å². The summed E-state index contributed by atoms with van der Waals surface area (Å²) >= 11 is 0. The number of methoxy groups -OCH3 is 1. The van der Waals surface area contributed by atoms with Gasteiger partial charge in [0.15, 0.2) is 0 Å². The maximum atomic E-state index is 11.9. The van der Waals surface area contributed by atoms with Crippen LogP contribution in [0.25, 0.3) is 0 Å². The quantitative estimate of drug-likeness (QED) is 0.894. The second-order valence-corrected chi connectivity index (χ2v) is 5.04. The topological polar surface area (TPSA) is 46.5 Å². The lowest BCUT2D eigenvalue weighted by Crippen LogP contribution is -2.21. The molecule has 1 aliphatic rings. The maximum absolute atomic E-state index is 11.9. The predicted octanol–water partition coefficient (Wildman–Crippen LogP) is 3.01. The summed E-state index contributed by atoms with van der Waals surface area (Å²) in [5, 5.41) is 9.84. The zero-order valence-electron chi connectivity index (χ0n) is 11.0. The Morgan fingerprint density at radius 3 is 2.83 bits per heavy atom. The number of carbonyl (C=O) groups is 1. The summed E-state index contributed by atoms with van der Waals surface area (Å²) in [4.78, 5) is 11.9. The fourth-order valence-corrected chi connectivity index (χ4v) is 2.60. The molecule has 3 nitrogen and oxygen atoms in total. The summed E-state index contributed by atoms with van der Waals surface area (Å²) in [6.45, 7) is 1.89. The molecule has 0 saturated heterocycles. The first-order valence-electron chi connectivity index (χ1n) is 6.51. The standard InChI is InChI=1S/C15H20O3/c1-10-12(8-13(18-2)9-15(10)17)7-11-5-3-4-6-14(11)16/h8-9,11,17H,3-7H2,1-2H3. The lowest BCUT2D eigenvalue weighted by atomic mass is 9.83. The van der Waals surface area contributed by atoms with Gasteiger partial charge in [0.05, 0.1) is 7.11 Å². The first kappa shape index (κ1) is 12.9. The Bertz CT molecular complexity index is 451. The average Bonchev–Trinajstić information content (AvgIpc) is 2.37. The Balaban J connectivity index is 2.22. The Morgan fingerprint density at radius 2 is 2.17 bits per heavy atom. The van der Waals surface area contributed by atoms with Gasteiger partial charge in [-0.1, -0.05) is 6.42 Å². The van der Waals surface area contributed by atoms with E-state index in [4.69, 9.17) is 4.74 Å². The largest absolute Gasteiger partial charge is 0.508 e. The minimum absolute atomic E-state index is 0.115. The molecule has 0 amide bonds. The highest BCUT2D eigenvalue weighted by atomic mass is 16.5. The molecule has 0 heterocycles. The molecule has 0 radical (unpaired) electrons. The second-order valence-electron chi connectivity index (χ2n) is 5.04. The third-order valence-corrected chi connectivity index (χ3v) is 3.84. The van der Waals surface area contributed by atoms with Crippen molar-refractivity contribution in [3.05, 3.63) is 23.3 Å². The van der Waals surface area contributed by atoms with Crippen LogP contribution >= 0.6 is 0 Å². The Kier molecular flexibility index (Phi) is 3.90. The van der Waals surface area contributed by atoms with E-state index in [2.05, 4.69) is 0 Å².